The zero-order chi connectivity index (χ0) is 19.8. The summed E-state index contributed by atoms with van der Waals surface area (Å²) >= 11 is 0. The van der Waals surface area contributed by atoms with Gasteiger partial charge in [-0.1, -0.05) is 44.2 Å². The standard InChI is InChI=1S/C23H33N5.HI/c1-23(2,20-10-6-4-7-11-20)18-27-22(24-3)26-17-19-12-13-25-21(16-19)28-14-8-5-9-15-28;/h4,6-7,10-13,16H,5,8-9,14-15,17-18H2,1-3H3,(H2,24,26,27);1H. The molecule has 5 nitrogen and oxygen atoms in total. The zero-order valence-corrected chi connectivity index (χ0v) is 20.1. The second-order valence-corrected chi connectivity index (χ2v) is 8.10. The summed E-state index contributed by atoms with van der Waals surface area (Å²) in [7, 11) is 1.82. The first-order chi connectivity index (χ1) is 13.6. The van der Waals surface area contributed by atoms with Gasteiger partial charge in [0.2, 0.25) is 0 Å². The van der Waals surface area contributed by atoms with Crippen molar-refractivity contribution in [2.24, 2.45) is 4.99 Å². The van der Waals surface area contributed by atoms with E-state index in [9.17, 15) is 0 Å². The van der Waals surface area contributed by atoms with Crippen molar-refractivity contribution in [3.63, 3.8) is 0 Å². The molecule has 29 heavy (non-hydrogen) atoms. The average Bonchev–Trinajstić information content (AvgIpc) is 2.75. The fourth-order valence-corrected chi connectivity index (χ4v) is 3.57. The first-order valence-corrected chi connectivity index (χ1v) is 10.3. The first kappa shape index (κ1) is 23.4. The second kappa shape index (κ2) is 11.4. The summed E-state index contributed by atoms with van der Waals surface area (Å²) < 4.78 is 0. The van der Waals surface area contributed by atoms with Crippen molar-refractivity contribution < 1.29 is 0 Å². The maximum Gasteiger partial charge on any atom is 0.191 e. The lowest BCUT2D eigenvalue weighted by Crippen LogP contribution is -2.43. The van der Waals surface area contributed by atoms with Gasteiger partial charge in [0.05, 0.1) is 0 Å². The van der Waals surface area contributed by atoms with Crippen LogP contribution in [-0.2, 0) is 12.0 Å². The molecule has 1 aromatic carbocycles. The Morgan fingerprint density at radius 3 is 2.48 bits per heavy atom. The highest BCUT2D eigenvalue weighted by molar-refractivity contribution is 14.0. The van der Waals surface area contributed by atoms with E-state index in [0.29, 0.717) is 0 Å². The van der Waals surface area contributed by atoms with Gasteiger partial charge in [0, 0.05) is 44.8 Å². The van der Waals surface area contributed by atoms with Crippen LogP contribution in [-0.4, -0.2) is 37.6 Å². The SMILES string of the molecule is CN=C(NCc1ccnc(N2CCCCC2)c1)NCC(C)(C)c1ccccc1.I. The van der Waals surface area contributed by atoms with Crippen molar-refractivity contribution in [1.29, 1.82) is 0 Å². The molecule has 2 heterocycles. The van der Waals surface area contributed by atoms with Crippen LogP contribution in [0.3, 0.4) is 0 Å². The Balaban J connectivity index is 0.00000300. The smallest absolute Gasteiger partial charge is 0.191 e. The van der Waals surface area contributed by atoms with E-state index < -0.39 is 0 Å². The molecule has 1 aliphatic rings. The molecule has 1 aliphatic heterocycles. The predicted molar refractivity (Wildman–Crippen MR) is 133 cm³/mol. The van der Waals surface area contributed by atoms with Crippen molar-refractivity contribution in [2.45, 2.75) is 45.1 Å². The molecule has 2 N–H and O–H groups in total. The summed E-state index contributed by atoms with van der Waals surface area (Å²) in [6.07, 6.45) is 5.77. The Bertz CT molecular complexity index is 770. The van der Waals surface area contributed by atoms with E-state index in [1.54, 1.807) is 0 Å². The van der Waals surface area contributed by atoms with Gasteiger partial charge in [-0.3, -0.25) is 4.99 Å². The number of anilines is 1. The molecule has 158 valence electrons. The molecule has 1 saturated heterocycles. The molecule has 3 rings (SSSR count). The van der Waals surface area contributed by atoms with Crippen molar-refractivity contribution >= 4 is 35.8 Å². The molecule has 0 amide bonds. The van der Waals surface area contributed by atoms with Gasteiger partial charge >= 0.3 is 0 Å². The molecule has 0 saturated carbocycles. The molecule has 0 unspecified atom stereocenters. The van der Waals surface area contributed by atoms with Gasteiger partial charge in [0.25, 0.3) is 0 Å². The largest absolute Gasteiger partial charge is 0.357 e. The van der Waals surface area contributed by atoms with Crippen LogP contribution in [0.4, 0.5) is 5.82 Å². The second-order valence-electron chi connectivity index (χ2n) is 8.10. The summed E-state index contributed by atoms with van der Waals surface area (Å²) in [6, 6.07) is 14.9. The van der Waals surface area contributed by atoms with Crippen LogP contribution in [0.2, 0.25) is 0 Å². The lowest BCUT2D eigenvalue weighted by atomic mass is 9.85. The Labute approximate surface area is 192 Å². The maximum absolute atomic E-state index is 4.56. The van der Waals surface area contributed by atoms with Gasteiger partial charge in [0.1, 0.15) is 5.82 Å². The Hall–Kier alpha value is -1.83. The summed E-state index contributed by atoms with van der Waals surface area (Å²) in [4.78, 5) is 11.3. The fraction of sp³-hybridized carbons (Fsp3) is 0.478. The topological polar surface area (TPSA) is 52.6 Å². The number of halogens is 1. The van der Waals surface area contributed by atoms with Crippen molar-refractivity contribution in [3.8, 4) is 0 Å². The number of benzene rings is 1. The third kappa shape index (κ3) is 6.87. The molecular formula is C23H34IN5. The minimum atomic E-state index is 0. The van der Waals surface area contributed by atoms with Gasteiger partial charge in [0.15, 0.2) is 5.96 Å². The third-order valence-corrected chi connectivity index (χ3v) is 5.43. The molecule has 1 aromatic heterocycles. The van der Waals surface area contributed by atoms with E-state index in [-0.39, 0.29) is 29.4 Å². The first-order valence-electron chi connectivity index (χ1n) is 10.3. The molecule has 2 aromatic rings. The maximum atomic E-state index is 4.56. The number of hydrogen-bond donors (Lipinski definition) is 2. The lowest BCUT2D eigenvalue weighted by molar-refractivity contribution is 0.508. The fourth-order valence-electron chi connectivity index (χ4n) is 3.57. The summed E-state index contributed by atoms with van der Waals surface area (Å²) in [5, 5.41) is 6.90. The number of hydrogen-bond acceptors (Lipinski definition) is 3. The van der Waals surface area contributed by atoms with Crippen molar-refractivity contribution in [1.82, 2.24) is 15.6 Å². The molecule has 0 bridgehead atoms. The predicted octanol–water partition coefficient (Wildman–Crippen LogP) is 4.33. The number of rotatable bonds is 6. The van der Waals surface area contributed by atoms with Crippen LogP contribution < -0.4 is 15.5 Å². The van der Waals surface area contributed by atoms with E-state index >= 15 is 0 Å². The highest BCUT2D eigenvalue weighted by Crippen LogP contribution is 2.21. The molecule has 1 fully saturated rings. The number of piperidine rings is 1. The van der Waals surface area contributed by atoms with Gasteiger partial charge in [-0.25, -0.2) is 4.98 Å². The highest BCUT2D eigenvalue weighted by atomic mass is 127. The number of nitrogens with zero attached hydrogens (tertiary/aromatic N) is 3. The van der Waals surface area contributed by atoms with Crippen LogP contribution in [0.1, 0.15) is 44.2 Å². The van der Waals surface area contributed by atoms with E-state index in [1.807, 2.05) is 13.2 Å². The number of aromatic nitrogens is 1. The minimum absolute atomic E-state index is 0. The highest BCUT2D eigenvalue weighted by Gasteiger charge is 2.20. The van der Waals surface area contributed by atoms with E-state index in [2.05, 4.69) is 81.8 Å². The van der Waals surface area contributed by atoms with Gasteiger partial charge in [-0.05, 0) is 42.5 Å². The lowest BCUT2D eigenvalue weighted by Gasteiger charge is -2.28. The van der Waals surface area contributed by atoms with Crippen LogP contribution >= 0.6 is 24.0 Å². The number of aliphatic imine (C=N–C) groups is 1. The van der Waals surface area contributed by atoms with Crippen LogP contribution in [0.15, 0.2) is 53.7 Å². The molecule has 0 atom stereocenters. The minimum Gasteiger partial charge on any atom is -0.357 e. The van der Waals surface area contributed by atoms with Crippen LogP contribution in [0, 0.1) is 0 Å². The quantitative estimate of drug-likeness (QED) is 0.347. The van der Waals surface area contributed by atoms with E-state index in [0.717, 1.165) is 38.0 Å². The van der Waals surface area contributed by atoms with E-state index in [4.69, 9.17) is 0 Å². The monoisotopic (exact) mass is 507 g/mol. The van der Waals surface area contributed by atoms with Crippen molar-refractivity contribution in [3.05, 3.63) is 59.8 Å². The van der Waals surface area contributed by atoms with Gasteiger partial charge < -0.3 is 15.5 Å². The Morgan fingerprint density at radius 2 is 1.79 bits per heavy atom. The van der Waals surface area contributed by atoms with Crippen LogP contribution in [0.25, 0.3) is 0 Å². The Kier molecular flexibility index (Phi) is 9.20. The van der Waals surface area contributed by atoms with Gasteiger partial charge in [-0.2, -0.15) is 0 Å². The average molecular weight is 507 g/mol. The molecule has 0 radical (unpaired) electrons. The number of guanidine groups is 1. The van der Waals surface area contributed by atoms with Crippen molar-refractivity contribution in [2.75, 3.05) is 31.6 Å². The number of pyridine rings is 1. The van der Waals surface area contributed by atoms with E-state index in [1.165, 1.54) is 30.4 Å². The summed E-state index contributed by atoms with van der Waals surface area (Å²) in [5.74, 6) is 1.91. The molecule has 0 spiro atoms. The zero-order valence-electron chi connectivity index (χ0n) is 17.8. The normalized spacial score (nSPS) is 14.9. The van der Waals surface area contributed by atoms with Crippen LogP contribution in [0.5, 0.6) is 0 Å². The number of nitrogens with one attached hydrogen (secondary N) is 2. The van der Waals surface area contributed by atoms with Gasteiger partial charge in [-0.15, -0.1) is 24.0 Å². The summed E-state index contributed by atoms with van der Waals surface area (Å²) in [5.41, 5.74) is 2.57. The molecule has 0 aliphatic carbocycles. The summed E-state index contributed by atoms with van der Waals surface area (Å²) in [6.45, 7) is 8.26. The Morgan fingerprint density at radius 1 is 1.07 bits per heavy atom. The molecule has 6 heteroatoms. The molecular weight excluding hydrogens is 473 g/mol. The third-order valence-electron chi connectivity index (χ3n) is 5.43.